The van der Waals surface area contributed by atoms with Crippen LogP contribution in [0.3, 0.4) is 0 Å². The summed E-state index contributed by atoms with van der Waals surface area (Å²) in [5.41, 5.74) is 0. The van der Waals surface area contributed by atoms with E-state index in [0.29, 0.717) is 12.8 Å². The van der Waals surface area contributed by atoms with E-state index < -0.39 is 5.92 Å². The molecule has 0 radical (unpaired) electrons. The summed E-state index contributed by atoms with van der Waals surface area (Å²) in [5, 5.41) is 14.5. The summed E-state index contributed by atoms with van der Waals surface area (Å²) < 4.78 is 5.23. The highest BCUT2D eigenvalue weighted by Gasteiger charge is 2.25. The van der Waals surface area contributed by atoms with Crippen LogP contribution in [0, 0.1) is 11.8 Å². The fraction of sp³-hybridized carbons (Fsp3) is 0.650. The van der Waals surface area contributed by atoms with Gasteiger partial charge >= 0.3 is 5.97 Å². The van der Waals surface area contributed by atoms with Gasteiger partial charge in [-0.25, -0.2) is 0 Å². The lowest BCUT2D eigenvalue weighted by atomic mass is 9.97. The number of allylic oxidation sites excluding steroid dienone is 2. The molecule has 0 aliphatic rings. The van der Waals surface area contributed by atoms with Gasteiger partial charge in [-0.05, 0) is 25.7 Å². The Balaban J connectivity index is 4.77. The summed E-state index contributed by atoms with van der Waals surface area (Å²) in [7, 11) is 0. The Morgan fingerprint density at radius 1 is 1.11 bits per heavy atom. The first-order chi connectivity index (χ1) is 12.7. The Hall–Kier alpha value is -2.15. The Morgan fingerprint density at radius 2 is 1.78 bits per heavy atom. The molecule has 0 rings (SSSR count). The van der Waals surface area contributed by atoms with Crippen LogP contribution in [0.5, 0.6) is 0 Å². The minimum Gasteiger partial charge on any atom is -0.463 e. The van der Waals surface area contributed by atoms with Crippen LogP contribution in [0.2, 0.25) is 0 Å². The van der Waals surface area contributed by atoms with Crippen LogP contribution in [0.4, 0.5) is 0 Å². The fourth-order valence-electron chi connectivity index (χ4n) is 2.26. The highest BCUT2D eigenvalue weighted by molar-refractivity contribution is 5.86. The van der Waals surface area contributed by atoms with E-state index in [1.54, 1.807) is 19.1 Å². The molecule has 7 nitrogen and oxygen atoms in total. The summed E-state index contributed by atoms with van der Waals surface area (Å²) in [4.78, 5) is 36.3. The maximum atomic E-state index is 12.6. The zero-order valence-corrected chi connectivity index (χ0v) is 16.7. The van der Waals surface area contributed by atoms with Gasteiger partial charge in [0.15, 0.2) is 0 Å². The van der Waals surface area contributed by atoms with Crippen LogP contribution < -0.4 is 10.6 Å². The molecule has 7 heteroatoms. The molecular weight excluding hydrogens is 348 g/mol. The van der Waals surface area contributed by atoms with E-state index in [2.05, 4.69) is 23.8 Å². The molecule has 0 aliphatic carbocycles. The molecule has 0 aromatic carbocycles. The first kappa shape index (κ1) is 24.8. The number of amides is 2. The van der Waals surface area contributed by atoms with Gasteiger partial charge in [-0.15, -0.1) is 13.2 Å². The third-order valence-corrected chi connectivity index (χ3v) is 4.04. The molecule has 0 saturated heterocycles. The lowest BCUT2D eigenvalue weighted by Crippen LogP contribution is -2.46. The van der Waals surface area contributed by atoms with Gasteiger partial charge in [0.2, 0.25) is 11.8 Å². The predicted octanol–water partition coefficient (Wildman–Crippen LogP) is 1.72. The Kier molecular flexibility index (Phi) is 12.9. The average Bonchev–Trinajstić information content (AvgIpc) is 2.62. The van der Waals surface area contributed by atoms with Gasteiger partial charge in [0.1, 0.15) is 6.61 Å². The predicted molar refractivity (Wildman–Crippen MR) is 105 cm³/mol. The van der Waals surface area contributed by atoms with E-state index in [9.17, 15) is 14.4 Å². The molecule has 0 unspecified atom stereocenters. The van der Waals surface area contributed by atoms with Gasteiger partial charge < -0.3 is 20.5 Å². The Bertz CT molecular complexity index is 505. The number of nitrogens with one attached hydrogen (secondary N) is 2. The summed E-state index contributed by atoms with van der Waals surface area (Å²) in [6.45, 7) is 12.6. The van der Waals surface area contributed by atoms with Gasteiger partial charge in [-0.2, -0.15) is 0 Å². The first-order valence-electron chi connectivity index (χ1n) is 9.33. The number of esters is 1. The second-order valence-electron chi connectivity index (χ2n) is 6.95. The summed E-state index contributed by atoms with van der Waals surface area (Å²) in [6, 6.07) is -0.722. The molecule has 0 saturated carbocycles. The second kappa shape index (κ2) is 14.0. The number of aliphatic hydroxyl groups is 1. The van der Waals surface area contributed by atoms with E-state index >= 15 is 0 Å². The number of hydrogen-bond donors (Lipinski definition) is 3. The van der Waals surface area contributed by atoms with Crippen molar-refractivity contribution in [3.63, 3.8) is 0 Å². The van der Waals surface area contributed by atoms with Crippen molar-refractivity contribution in [2.24, 2.45) is 11.8 Å². The number of hydrogen-bond acceptors (Lipinski definition) is 5. The second-order valence-corrected chi connectivity index (χ2v) is 6.95. The molecule has 27 heavy (non-hydrogen) atoms. The van der Waals surface area contributed by atoms with Crippen molar-refractivity contribution in [2.45, 2.75) is 58.5 Å². The zero-order chi connectivity index (χ0) is 20.8. The van der Waals surface area contributed by atoms with Crippen LogP contribution in [-0.2, 0) is 19.1 Å². The van der Waals surface area contributed by atoms with Crippen molar-refractivity contribution in [2.75, 3.05) is 13.2 Å². The lowest BCUT2D eigenvalue weighted by molar-refractivity contribution is -0.145. The minimum atomic E-state index is -0.578. The Morgan fingerprint density at radius 3 is 2.30 bits per heavy atom. The minimum absolute atomic E-state index is 0.00781. The van der Waals surface area contributed by atoms with Gasteiger partial charge in [0.25, 0.3) is 0 Å². The molecule has 0 aromatic rings. The van der Waals surface area contributed by atoms with Gasteiger partial charge in [-0.1, -0.05) is 26.0 Å². The zero-order valence-electron chi connectivity index (χ0n) is 16.7. The normalized spacial score (nSPS) is 14.0. The molecule has 3 atom stereocenters. The molecule has 2 amide bonds. The van der Waals surface area contributed by atoms with Crippen molar-refractivity contribution in [1.82, 2.24) is 10.6 Å². The largest absolute Gasteiger partial charge is 0.463 e. The maximum Gasteiger partial charge on any atom is 0.306 e. The van der Waals surface area contributed by atoms with Crippen LogP contribution in [0.15, 0.2) is 25.3 Å². The molecule has 3 N–H and O–H groups in total. The number of carbonyl (C=O) groups excluding carboxylic acids is 3. The highest BCUT2D eigenvalue weighted by atomic mass is 16.5. The first-order valence-corrected chi connectivity index (χ1v) is 9.33. The smallest absolute Gasteiger partial charge is 0.306 e. The third kappa shape index (κ3) is 11.2. The van der Waals surface area contributed by atoms with E-state index in [1.807, 2.05) is 13.8 Å². The topological polar surface area (TPSA) is 105 Å². The standard InChI is InChI=1S/C20H34N2O5/c1-6-8-10-19(25)27-13-17(14(3)4)22-20(26)16(9-7-2)11-18(24)21-15(5)12-23/h6-7,14-17,23H,1-2,8-13H2,3-5H3,(H,21,24)(H,22,26)/t15-,16-,17-/m1/s1. The SMILES string of the molecule is C=CCCC(=O)OC[C@@H](NC(=O)[C@H](CC=C)CC(=O)N[C@H](C)CO)C(C)C. The highest BCUT2D eigenvalue weighted by Crippen LogP contribution is 2.12. The van der Waals surface area contributed by atoms with Crippen LogP contribution in [0.25, 0.3) is 0 Å². The van der Waals surface area contributed by atoms with Gasteiger partial charge in [0, 0.05) is 18.9 Å². The number of ether oxygens (including phenoxy) is 1. The van der Waals surface area contributed by atoms with Crippen LogP contribution in [-0.4, -0.2) is 48.2 Å². The monoisotopic (exact) mass is 382 g/mol. The Labute approximate surface area is 162 Å². The van der Waals surface area contributed by atoms with Crippen LogP contribution >= 0.6 is 0 Å². The molecule has 0 fully saturated rings. The molecule has 0 heterocycles. The number of rotatable bonds is 14. The maximum absolute atomic E-state index is 12.6. The fourth-order valence-corrected chi connectivity index (χ4v) is 2.26. The summed E-state index contributed by atoms with van der Waals surface area (Å²) in [6.07, 6.45) is 4.37. The summed E-state index contributed by atoms with van der Waals surface area (Å²) in [5.74, 6) is -1.47. The summed E-state index contributed by atoms with van der Waals surface area (Å²) >= 11 is 0. The van der Waals surface area contributed by atoms with Crippen molar-refractivity contribution in [1.29, 1.82) is 0 Å². The van der Waals surface area contributed by atoms with Gasteiger partial charge in [0.05, 0.1) is 18.6 Å². The lowest BCUT2D eigenvalue weighted by Gasteiger charge is -2.25. The van der Waals surface area contributed by atoms with Crippen molar-refractivity contribution >= 4 is 17.8 Å². The molecule has 0 spiro atoms. The van der Waals surface area contributed by atoms with E-state index in [1.165, 1.54) is 0 Å². The van der Waals surface area contributed by atoms with E-state index in [-0.39, 0.29) is 61.8 Å². The van der Waals surface area contributed by atoms with Crippen molar-refractivity contribution < 1.29 is 24.2 Å². The molecule has 0 aromatic heterocycles. The number of carbonyl (C=O) groups is 3. The van der Waals surface area contributed by atoms with E-state index in [4.69, 9.17) is 9.84 Å². The average molecular weight is 383 g/mol. The molecule has 0 bridgehead atoms. The quantitative estimate of drug-likeness (QED) is 0.313. The van der Waals surface area contributed by atoms with E-state index in [0.717, 1.165) is 0 Å². The van der Waals surface area contributed by atoms with Gasteiger partial charge in [-0.3, -0.25) is 14.4 Å². The number of aliphatic hydroxyl groups excluding tert-OH is 1. The third-order valence-electron chi connectivity index (χ3n) is 4.04. The molecule has 0 aliphatic heterocycles. The molecule has 154 valence electrons. The van der Waals surface area contributed by atoms with Crippen molar-refractivity contribution in [3.8, 4) is 0 Å². The molecular formula is C20H34N2O5. The van der Waals surface area contributed by atoms with Crippen molar-refractivity contribution in [3.05, 3.63) is 25.3 Å². The van der Waals surface area contributed by atoms with Crippen LogP contribution in [0.1, 0.15) is 46.5 Å².